The monoisotopic (exact) mass is 330 g/mol. The Labute approximate surface area is 133 Å². The van der Waals surface area contributed by atoms with E-state index in [4.69, 9.17) is 4.74 Å². The molecule has 1 heterocycles. The van der Waals surface area contributed by atoms with E-state index in [1.807, 2.05) is 6.92 Å². The zero-order valence-corrected chi connectivity index (χ0v) is 13.2. The molecule has 2 atom stereocenters. The van der Waals surface area contributed by atoms with E-state index in [0.717, 1.165) is 25.0 Å². The summed E-state index contributed by atoms with van der Waals surface area (Å²) in [6.07, 6.45) is 1.76. The van der Waals surface area contributed by atoms with Crippen LogP contribution >= 0.6 is 0 Å². The molecule has 1 aliphatic heterocycles. The van der Waals surface area contributed by atoms with Gasteiger partial charge in [-0.15, -0.1) is 0 Å². The fraction of sp³-hybridized carbons (Fsp3) is 0.562. The molecule has 1 fully saturated rings. The topological polar surface area (TPSA) is 50.4 Å². The normalized spacial score (nSPS) is 18.3. The van der Waals surface area contributed by atoms with Gasteiger partial charge in [-0.1, -0.05) is 0 Å². The summed E-state index contributed by atoms with van der Waals surface area (Å²) in [7, 11) is 0. The quantitative estimate of drug-likeness (QED) is 0.833. The highest BCUT2D eigenvalue weighted by Crippen LogP contribution is 2.20. The first kappa shape index (κ1) is 17.6. The van der Waals surface area contributed by atoms with Gasteiger partial charge in [0.05, 0.1) is 6.04 Å². The number of ether oxygens (including phenoxy) is 1. The fourth-order valence-corrected chi connectivity index (χ4v) is 2.69. The first-order valence-electron chi connectivity index (χ1n) is 7.67. The molecular weight excluding hydrogens is 309 g/mol. The van der Waals surface area contributed by atoms with Crippen LogP contribution in [0.15, 0.2) is 12.1 Å². The molecule has 1 aliphatic rings. The van der Waals surface area contributed by atoms with Crippen LogP contribution in [0.2, 0.25) is 0 Å². The molecule has 0 aromatic heterocycles. The summed E-state index contributed by atoms with van der Waals surface area (Å²) in [5, 5.41) is 5.43. The number of nitrogens with one attached hydrogen (secondary N) is 2. The number of carbonyl (C=O) groups is 1. The summed E-state index contributed by atoms with van der Waals surface area (Å²) < 4.78 is 44.7. The fourth-order valence-electron chi connectivity index (χ4n) is 2.69. The van der Waals surface area contributed by atoms with Crippen molar-refractivity contribution >= 4 is 6.03 Å². The van der Waals surface area contributed by atoms with Crippen LogP contribution in [0.3, 0.4) is 0 Å². The van der Waals surface area contributed by atoms with Gasteiger partial charge in [0.2, 0.25) is 0 Å². The third kappa shape index (κ3) is 4.60. The molecule has 0 saturated carbocycles. The Hall–Kier alpha value is -1.76. The van der Waals surface area contributed by atoms with Crippen LogP contribution in [0.1, 0.15) is 38.3 Å². The van der Waals surface area contributed by atoms with Gasteiger partial charge < -0.3 is 15.4 Å². The van der Waals surface area contributed by atoms with Gasteiger partial charge in [0.25, 0.3) is 0 Å². The highest BCUT2D eigenvalue weighted by Gasteiger charge is 2.23. The minimum absolute atomic E-state index is 0.0345. The Morgan fingerprint density at radius 1 is 1.13 bits per heavy atom. The molecule has 0 spiro atoms. The SMILES string of the molecule is CC(NC(=O)NC(C)C1CCOCC1)c1cc(F)c(F)c(F)c1. The Bertz CT molecular complexity index is 539. The number of halogens is 3. The van der Waals surface area contributed by atoms with E-state index in [2.05, 4.69) is 10.6 Å². The summed E-state index contributed by atoms with van der Waals surface area (Å²) >= 11 is 0. The Kier molecular flexibility index (Phi) is 5.87. The molecule has 23 heavy (non-hydrogen) atoms. The van der Waals surface area contributed by atoms with Crippen molar-refractivity contribution in [2.45, 2.75) is 38.8 Å². The van der Waals surface area contributed by atoms with Crippen LogP contribution in [0.25, 0.3) is 0 Å². The van der Waals surface area contributed by atoms with E-state index in [-0.39, 0.29) is 11.6 Å². The second-order valence-corrected chi connectivity index (χ2v) is 5.88. The van der Waals surface area contributed by atoms with Crippen molar-refractivity contribution in [2.75, 3.05) is 13.2 Å². The first-order chi connectivity index (χ1) is 10.9. The minimum atomic E-state index is -1.52. The average Bonchev–Trinajstić information content (AvgIpc) is 2.52. The van der Waals surface area contributed by atoms with Crippen molar-refractivity contribution < 1.29 is 22.7 Å². The highest BCUT2D eigenvalue weighted by molar-refractivity contribution is 5.74. The summed E-state index contributed by atoms with van der Waals surface area (Å²) in [5.41, 5.74) is 0.162. The number of hydrogen-bond acceptors (Lipinski definition) is 2. The number of benzene rings is 1. The predicted octanol–water partition coefficient (Wildman–Crippen LogP) is 3.28. The van der Waals surface area contributed by atoms with Crippen LogP contribution in [0.5, 0.6) is 0 Å². The van der Waals surface area contributed by atoms with Crippen molar-refractivity contribution in [1.29, 1.82) is 0 Å². The lowest BCUT2D eigenvalue weighted by Gasteiger charge is -2.29. The van der Waals surface area contributed by atoms with Crippen molar-refractivity contribution in [3.8, 4) is 0 Å². The zero-order chi connectivity index (χ0) is 17.0. The van der Waals surface area contributed by atoms with E-state index in [9.17, 15) is 18.0 Å². The number of urea groups is 1. The molecule has 2 unspecified atom stereocenters. The van der Waals surface area contributed by atoms with Crippen molar-refractivity contribution in [3.63, 3.8) is 0 Å². The largest absolute Gasteiger partial charge is 0.381 e. The molecule has 0 aliphatic carbocycles. The molecule has 4 nitrogen and oxygen atoms in total. The Balaban J connectivity index is 1.91. The molecule has 1 saturated heterocycles. The van der Waals surface area contributed by atoms with Crippen LogP contribution < -0.4 is 10.6 Å². The first-order valence-corrected chi connectivity index (χ1v) is 7.67. The lowest BCUT2D eigenvalue weighted by molar-refractivity contribution is 0.0570. The van der Waals surface area contributed by atoms with Gasteiger partial charge >= 0.3 is 6.03 Å². The molecule has 0 radical (unpaired) electrons. The van der Waals surface area contributed by atoms with Gasteiger partial charge in [0.15, 0.2) is 17.5 Å². The lowest BCUT2D eigenvalue weighted by atomic mass is 9.93. The zero-order valence-electron chi connectivity index (χ0n) is 13.2. The number of rotatable bonds is 4. The van der Waals surface area contributed by atoms with E-state index < -0.39 is 29.5 Å². The summed E-state index contributed by atoms with van der Waals surface area (Å²) in [5.74, 6) is -3.72. The number of carbonyl (C=O) groups excluding carboxylic acids is 1. The maximum Gasteiger partial charge on any atom is 0.315 e. The number of amides is 2. The van der Waals surface area contributed by atoms with Crippen LogP contribution in [0.4, 0.5) is 18.0 Å². The molecule has 0 bridgehead atoms. The second-order valence-electron chi connectivity index (χ2n) is 5.88. The average molecular weight is 330 g/mol. The van der Waals surface area contributed by atoms with Gasteiger partial charge in [-0.05, 0) is 50.3 Å². The Morgan fingerprint density at radius 2 is 1.70 bits per heavy atom. The highest BCUT2D eigenvalue weighted by atomic mass is 19.2. The molecule has 2 N–H and O–H groups in total. The smallest absolute Gasteiger partial charge is 0.315 e. The summed E-state index contributed by atoms with van der Waals surface area (Å²) in [4.78, 5) is 12.0. The molecule has 128 valence electrons. The third-order valence-electron chi connectivity index (χ3n) is 4.19. The second kappa shape index (κ2) is 7.68. The van der Waals surface area contributed by atoms with Crippen molar-refractivity contribution in [2.24, 2.45) is 5.92 Å². The molecule has 1 aromatic rings. The van der Waals surface area contributed by atoms with Gasteiger partial charge in [0, 0.05) is 19.3 Å². The molecular formula is C16H21F3N2O2. The minimum Gasteiger partial charge on any atom is -0.381 e. The molecule has 2 amide bonds. The van der Waals surface area contributed by atoms with E-state index in [1.165, 1.54) is 0 Å². The lowest BCUT2D eigenvalue weighted by Crippen LogP contribution is -2.45. The molecule has 7 heteroatoms. The van der Waals surface area contributed by atoms with Gasteiger partial charge in [-0.3, -0.25) is 0 Å². The van der Waals surface area contributed by atoms with E-state index >= 15 is 0 Å². The van der Waals surface area contributed by atoms with Gasteiger partial charge in [-0.2, -0.15) is 0 Å². The molecule has 1 aromatic carbocycles. The summed E-state index contributed by atoms with van der Waals surface area (Å²) in [6.45, 7) is 4.86. The van der Waals surface area contributed by atoms with E-state index in [0.29, 0.717) is 19.1 Å². The van der Waals surface area contributed by atoms with Crippen LogP contribution in [-0.2, 0) is 4.74 Å². The Morgan fingerprint density at radius 3 is 2.26 bits per heavy atom. The van der Waals surface area contributed by atoms with Gasteiger partial charge in [-0.25, -0.2) is 18.0 Å². The maximum atomic E-state index is 13.2. The number of hydrogen-bond donors (Lipinski definition) is 2. The van der Waals surface area contributed by atoms with Crippen LogP contribution in [0, 0.1) is 23.4 Å². The van der Waals surface area contributed by atoms with Crippen molar-refractivity contribution in [3.05, 3.63) is 35.1 Å². The van der Waals surface area contributed by atoms with Crippen molar-refractivity contribution in [1.82, 2.24) is 10.6 Å². The maximum absolute atomic E-state index is 13.2. The van der Waals surface area contributed by atoms with Crippen LogP contribution in [-0.4, -0.2) is 25.3 Å². The van der Waals surface area contributed by atoms with E-state index in [1.54, 1.807) is 6.92 Å². The standard InChI is InChI=1S/C16H21F3N2O2/c1-9(11-3-5-23-6-4-11)20-16(22)21-10(2)12-7-13(17)15(19)14(18)8-12/h7-11H,3-6H2,1-2H3,(H2,20,21,22). The predicted molar refractivity (Wildman–Crippen MR) is 79.4 cm³/mol. The third-order valence-corrected chi connectivity index (χ3v) is 4.19. The van der Waals surface area contributed by atoms with Gasteiger partial charge in [0.1, 0.15) is 0 Å². The summed E-state index contributed by atoms with van der Waals surface area (Å²) in [6, 6.07) is 0.646. The molecule has 2 rings (SSSR count).